The Morgan fingerprint density at radius 3 is 2.26 bits per heavy atom. The van der Waals surface area contributed by atoms with E-state index in [0.29, 0.717) is 19.7 Å². The molecule has 0 unspecified atom stereocenters. The Hall–Kier alpha value is -0.660. The maximum Gasteiger partial charge on any atom is 0.223 e. The molecule has 7 heteroatoms. The van der Waals surface area contributed by atoms with Gasteiger partial charge in [0.1, 0.15) is 0 Å². The van der Waals surface area contributed by atoms with Crippen molar-refractivity contribution in [3.05, 3.63) is 0 Å². The highest BCUT2D eigenvalue weighted by molar-refractivity contribution is 7.88. The van der Waals surface area contributed by atoms with Gasteiger partial charge in [-0.3, -0.25) is 4.79 Å². The van der Waals surface area contributed by atoms with Crippen LogP contribution in [-0.2, 0) is 19.6 Å². The van der Waals surface area contributed by atoms with Gasteiger partial charge in [-0.05, 0) is 12.8 Å². The number of hydrogen-bond acceptors (Lipinski definition) is 4. The minimum absolute atomic E-state index is 0.00524. The van der Waals surface area contributed by atoms with Gasteiger partial charge in [-0.1, -0.05) is 13.8 Å². The van der Waals surface area contributed by atoms with E-state index in [1.165, 1.54) is 11.4 Å². The second-order valence-electron chi connectivity index (χ2n) is 4.46. The molecule has 0 aliphatic heterocycles. The lowest BCUT2D eigenvalue weighted by atomic mass is 10.0. The Balaban J connectivity index is 4.23. The van der Waals surface area contributed by atoms with Crippen molar-refractivity contribution in [2.45, 2.75) is 26.7 Å². The molecule has 0 rings (SSSR count). The monoisotopic (exact) mass is 294 g/mol. The van der Waals surface area contributed by atoms with Crippen LogP contribution in [0.1, 0.15) is 26.7 Å². The maximum atomic E-state index is 11.7. The van der Waals surface area contributed by atoms with Gasteiger partial charge in [-0.25, -0.2) is 8.42 Å². The number of nitrogens with one attached hydrogen (secondary N) is 1. The van der Waals surface area contributed by atoms with Gasteiger partial charge in [-0.2, -0.15) is 4.31 Å². The van der Waals surface area contributed by atoms with Crippen molar-refractivity contribution in [2.24, 2.45) is 5.92 Å². The molecule has 0 radical (unpaired) electrons. The number of carbonyl (C=O) groups excluding carboxylic acids is 1. The molecule has 0 fully saturated rings. The van der Waals surface area contributed by atoms with Gasteiger partial charge in [0.2, 0.25) is 15.9 Å². The van der Waals surface area contributed by atoms with Crippen LogP contribution in [-0.4, -0.2) is 58.2 Å². The van der Waals surface area contributed by atoms with Crippen LogP contribution < -0.4 is 5.32 Å². The summed E-state index contributed by atoms with van der Waals surface area (Å²) in [6.07, 6.45) is 2.75. The normalized spacial score (nSPS) is 12.1. The topological polar surface area (TPSA) is 75.7 Å². The summed E-state index contributed by atoms with van der Waals surface area (Å²) in [4.78, 5) is 11.7. The summed E-state index contributed by atoms with van der Waals surface area (Å²) in [7, 11) is -1.74. The van der Waals surface area contributed by atoms with Crippen LogP contribution in [0.15, 0.2) is 0 Å². The smallest absolute Gasteiger partial charge is 0.223 e. The quantitative estimate of drug-likeness (QED) is 0.634. The zero-order valence-electron chi connectivity index (χ0n) is 12.3. The molecule has 6 nitrogen and oxygen atoms in total. The molecule has 0 atom stereocenters. The van der Waals surface area contributed by atoms with Crippen LogP contribution in [0.2, 0.25) is 0 Å². The van der Waals surface area contributed by atoms with Crippen LogP contribution in [0.4, 0.5) is 0 Å². The molecule has 0 spiro atoms. The molecular formula is C12H26N2O4S. The van der Waals surface area contributed by atoms with Gasteiger partial charge in [0.05, 0.1) is 12.9 Å². The number of rotatable bonds is 10. The van der Waals surface area contributed by atoms with E-state index in [1.54, 1.807) is 0 Å². The standard InChI is InChI=1S/C12H26N2O4S/c1-5-11(6-2)12(15)13-7-8-14(9-10-18-3)19(4,16)17/h11H,5-10H2,1-4H3,(H,13,15). The zero-order valence-corrected chi connectivity index (χ0v) is 13.1. The molecule has 1 N–H and O–H groups in total. The van der Waals surface area contributed by atoms with Crippen molar-refractivity contribution < 1.29 is 17.9 Å². The molecular weight excluding hydrogens is 268 g/mol. The Labute approximate surface area is 116 Å². The molecule has 0 bridgehead atoms. The lowest BCUT2D eigenvalue weighted by Gasteiger charge is -2.20. The van der Waals surface area contributed by atoms with Crippen molar-refractivity contribution >= 4 is 15.9 Å². The van der Waals surface area contributed by atoms with E-state index in [0.717, 1.165) is 19.1 Å². The molecule has 1 amide bonds. The highest BCUT2D eigenvalue weighted by Gasteiger charge is 2.17. The molecule has 0 aliphatic carbocycles. The molecule has 19 heavy (non-hydrogen) atoms. The van der Waals surface area contributed by atoms with E-state index < -0.39 is 10.0 Å². The number of nitrogens with zero attached hydrogens (tertiary/aromatic N) is 1. The Morgan fingerprint density at radius 2 is 1.84 bits per heavy atom. The van der Waals surface area contributed by atoms with E-state index in [2.05, 4.69) is 5.32 Å². The number of ether oxygens (including phenoxy) is 1. The molecule has 0 aliphatic rings. The van der Waals surface area contributed by atoms with E-state index in [9.17, 15) is 13.2 Å². The summed E-state index contributed by atoms with van der Waals surface area (Å²) in [6, 6.07) is 0. The summed E-state index contributed by atoms with van der Waals surface area (Å²) in [6.45, 7) is 5.17. The molecule has 0 saturated carbocycles. The first kappa shape index (κ1) is 18.3. The largest absolute Gasteiger partial charge is 0.383 e. The van der Waals surface area contributed by atoms with Crippen LogP contribution in [0.5, 0.6) is 0 Å². The predicted molar refractivity (Wildman–Crippen MR) is 75.4 cm³/mol. The lowest BCUT2D eigenvalue weighted by molar-refractivity contribution is -0.125. The fourth-order valence-corrected chi connectivity index (χ4v) is 2.57. The van der Waals surface area contributed by atoms with E-state index >= 15 is 0 Å². The van der Waals surface area contributed by atoms with Gasteiger partial charge in [0.15, 0.2) is 0 Å². The number of amides is 1. The number of carbonyl (C=O) groups is 1. The van der Waals surface area contributed by atoms with Crippen LogP contribution in [0.3, 0.4) is 0 Å². The van der Waals surface area contributed by atoms with Crippen molar-refractivity contribution in [1.29, 1.82) is 0 Å². The summed E-state index contributed by atoms with van der Waals surface area (Å²) >= 11 is 0. The Morgan fingerprint density at radius 1 is 1.26 bits per heavy atom. The van der Waals surface area contributed by atoms with Crippen LogP contribution in [0.25, 0.3) is 0 Å². The summed E-state index contributed by atoms with van der Waals surface area (Å²) < 4.78 is 29.2. The van der Waals surface area contributed by atoms with Crippen LogP contribution >= 0.6 is 0 Å². The van der Waals surface area contributed by atoms with Crippen LogP contribution in [0, 0.1) is 5.92 Å². The molecule has 114 valence electrons. The van der Waals surface area contributed by atoms with Crippen molar-refractivity contribution in [3.8, 4) is 0 Å². The average Bonchev–Trinajstić information content (AvgIpc) is 2.33. The number of hydrogen-bond donors (Lipinski definition) is 1. The van der Waals surface area contributed by atoms with Gasteiger partial charge in [-0.15, -0.1) is 0 Å². The molecule has 0 aromatic rings. The third kappa shape index (κ3) is 7.49. The summed E-state index contributed by atoms with van der Waals surface area (Å²) in [5.41, 5.74) is 0. The highest BCUT2D eigenvalue weighted by atomic mass is 32.2. The summed E-state index contributed by atoms with van der Waals surface area (Å²) in [5.74, 6) is -0.00384. The van der Waals surface area contributed by atoms with E-state index in [1.807, 2.05) is 13.8 Å². The third-order valence-corrected chi connectivity index (χ3v) is 4.33. The summed E-state index contributed by atoms with van der Waals surface area (Å²) in [5, 5.41) is 2.78. The van der Waals surface area contributed by atoms with Gasteiger partial charge in [0.25, 0.3) is 0 Å². The van der Waals surface area contributed by atoms with Gasteiger partial charge < -0.3 is 10.1 Å². The maximum absolute atomic E-state index is 11.7. The molecule has 0 saturated heterocycles. The molecule has 0 heterocycles. The minimum Gasteiger partial charge on any atom is -0.383 e. The number of sulfonamides is 1. The Bertz CT molecular complexity index is 353. The fraction of sp³-hybridized carbons (Fsp3) is 0.917. The fourth-order valence-electron chi connectivity index (χ4n) is 1.74. The van der Waals surface area contributed by atoms with Gasteiger partial charge in [0, 0.05) is 32.7 Å². The van der Waals surface area contributed by atoms with Gasteiger partial charge >= 0.3 is 0 Å². The van der Waals surface area contributed by atoms with E-state index in [-0.39, 0.29) is 18.4 Å². The lowest BCUT2D eigenvalue weighted by Crippen LogP contribution is -2.41. The first-order valence-electron chi connectivity index (χ1n) is 6.58. The Kier molecular flexibility index (Phi) is 8.95. The zero-order chi connectivity index (χ0) is 14.9. The second-order valence-corrected chi connectivity index (χ2v) is 6.44. The highest BCUT2D eigenvalue weighted by Crippen LogP contribution is 2.06. The average molecular weight is 294 g/mol. The number of methoxy groups -OCH3 is 1. The minimum atomic E-state index is -3.26. The molecule has 0 aromatic carbocycles. The predicted octanol–water partition coefficient (Wildman–Crippen LogP) is 0.447. The first-order valence-corrected chi connectivity index (χ1v) is 8.43. The van der Waals surface area contributed by atoms with Crippen molar-refractivity contribution in [1.82, 2.24) is 9.62 Å². The van der Waals surface area contributed by atoms with Crippen molar-refractivity contribution in [3.63, 3.8) is 0 Å². The SMILES string of the molecule is CCC(CC)C(=O)NCCN(CCOC)S(C)(=O)=O. The first-order chi connectivity index (χ1) is 8.86. The third-order valence-electron chi connectivity index (χ3n) is 3.03. The molecule has 0 aromatic heterocycles. The van der Waals surface area contributed by atoms with Crippen molar-refractivity contribution in [2.75, 3.05) is 39.6 Å². The van der Waals surface area contributed by atoms with E-state index in [4.69, 9.17) is 4.74 Å². The second kappa shape index (κ2) is 9.28.